The fourth-order valence-electron chi connectivity index (χ4n) is 3.17. The van der Waals surface area contributed by atoms with Crippen LogP contribution in [0, 0.1) is 0 Å². The molecule has 4 heterocycles. The molecule has 4 aromatic heterocycles. The van der Waals surface area contributed by atoms with Gasteiger partial charge >= 0.3 is 0 Å². The van der Waals surface area contributed by atoms with E-state index in [1.54, 1.807) is 7.05 Å². The molecule has 0 atom stereocenters. The van der Waals surface area contributed by atoms with Crippen molar-refractivity contribution < 1.29 is 9.15 Å². The quantitative estimate of drug-likeness (QED) is 0.371. The Morgan fingerprint density at radius 2 is 2.03 bits per heavy atom. The summed E-state index contributed by atoms with van der Waals surface area (Å²) in [5, 5.41) is 19.1. The molecule has 5 aromatic rings. The van der Waals surface area contributed by atoms with Gasteiger partial charge in [0.1, 0.15) is 16.3 Å². The number of thiophene rings is 1. The average molecular weight is 441 g/mol. The number of nitrogens with zero attached hydrogens (tertiary/aromatic N) is 6. The predicted octanol–water partition coefficient (Wildman–Crippen LogP) is 3.38. The van der Waals surface area contributed by atoms with Gasteiger partial charge in [-0.1, -0.05) is 23.9 Å². The second-order valence-corrected chi connectivity index (χ2v) is 8.18. The summed E-state index contributed by atoms with van der Waals surface area (Å²) in [6.45, 7) is 2.47. The van der Waals surface area contributed by atoms with Crippen LogP contribution in [0.1, 0.15) is 12.7 Å². The van der Waals surface area contributed by atoms with Crippen molar-refractivity contribution in [2.45, 2.75) is 17.9 Å². The maximum Gasteiger partial charge on any atom is 0.277 e. The SMILES string of the molecule is CCOc1ccccc1-c1nnc(SCc2nnc3n(C)c(=O)c4sccc4n23)o1. The predicted molar refractivity (Wildman–Crippen MR) is 114 cm³/mol. The summed E-state index contributed by atoms with van der Waals surface area (Å²) in [5.74, 6) is 2.75. The molecule has 30 heavy (non-hydrogen) atoms. The summed E-state index contributed by atoms with van der Waals surface area (Å²) >= 11 is 2.77. The Morgan fingerprint density at radius 3 is 2.90 bits per heavy atom. The van der Waals surface area contributed by atoms with Gasteiger partial charge in [0.15, 0.2) is 0 Å². The molecule has 5 rings (SSSR count). The second-order valence-electron chi connectivity index (χ2n) is 6.34. The number of ether oxygens (including phenoxy) is 1. The minimum Gasteiger partial charge on any atom is -0.493 e. The number of thioether (sulfide) groups is 1. The number of hydrogen-bond acceptors (Lipinski definition) is 9. The standard InChI is InChI=1S/C19H16N6O3S2/c1-3-27-13-7-5-4-6-11(13)16-21-23-19(28-16)30-10-14-20-22-18-24(2)17(26)15-12(25(14)18)8-9-29-15/h4-9H,3,10H2,1-2H3. The normalized spacial score (nSPS) is 11.5. The summed E-state index contributed by atoms with van der Waals surface area (Å²) in [6, 6.07) is 9.45. The van der Waals surface area contributed by atoms with Gasteiger partial charge in [-0.15, -0.1) is 31.7 Å². The molecule has 0 N–H and O–H groups in total. The minimum atomic E-state index is -0.0754. The highest BCUT2D eigenvalue weighted by molar-refractivity contribution is 7.98. The van der Waals surface area contributed by atoms with E-state index in [0.717, 1.165) is 11.1 Å². The molecule has 0 aliphatic rings. The van der Waals surface area contributed by atoms with E-state index in [0.29, 0.717) is 45.5 Å². The molecule has 0 saturated carbocycles. The van der Waals surface area contributed by atoms with Crippen LogP contribution >= 0.6 is 23.1 Å². The van der Waals surface area contributed by atoms with Gasteiger partial charge in [-0.2, -0.15) is 0 Å². The molecule has 152 valence electrons. The van der Waals surface area contributed by atoms with Crippen molar-refractivity contribution in [2.75, 3.05) is 6.61 Å². The van der Waals surface area contributed by atoms with Crippen molar-refractivity contribution in [3.05, 3.63) is 51.9 Å². The van der Waals surface area contributed by atoms with Gasteiger partial charge in [0, 0.05) is 7.05 Å². The van der Waals surface area contributed by atoms with E-state index in [-0.39, 0.29) is 5.56 Å². The van der Waals surface area contributed by atoms with E-state index >= 15 is 0 Å². The zero-order chi connectivity index (χ0) is 20.7. The number of para-hydroxylation sites is 1. The van der Waals surface area contributed by atoms with Crippen LogP contribution in [0.15, 0.2) is 50.1 Å². The topological polar surface area (TPSA) is 100 Å². The van der Waals surface area contributed by atoms with Gasteiger partial charge < -0.3 is 9.15 Å². The maximum absolute atomic E-state index is 12.4. The molecule has 0 spiro atoms. The lowest BCUT2D eigenvalue weighted by Gasteiger charge is -2.06. The van der Waals surface area contributed by atoms with Crippen molar-refractivity contribution >= 4 is 39.1 Å². The molecule has 0 aliphatic carbocycles. The summed E-state index contributed by atoms with van der Waals surface area (Å²) < 4.78 is 15.5. The first-order chi connectivity index (χ1) is 14.7. The van der Waals surface area contributed by atoms with Gasteiger partial charge in [0.25, 0.3) is 16.7 Å². The first-order valence-electron chi connectivity index (χ1n) is 9.16. The first-order valence-corrected chi connectivity index (χ1v) is 11.0. The van der Waals surface area contributed by atoms with Crippen LogP contribution in [0.4, 0.5) is 0 Å². The number of hydrogen-bond donors (Lipinski definition) is 0. The van der Waals surface area contributed by atoms with E-state index in [9.17, 15) is 4.79 Å². The Bertz CT molecular complexity index is 1420. The van der Waals surface area contributed by atoms with Crippen molar-refractivity contribution in [3.63, 3.8) is 0 Å². The third-order valence-electron chi connectivity index (χ3n) is 4.55. The summed E-state index contributed by atoms with van der Waals surface area (Å²) in [7, 11) is 1.70. The monoisotopic (exact) mass is 440 g/mol. The Kier molecular flexibility index (Phi) is 4.75. The second kappa shape index (κ2) is 7.58. The molecule has 0 fully saturated rings. The van der Waals surface area contributed by atoms with E-state index < -0.39 is 0 Å². The molecule has 0 unspecified atom stereocenters. The lowest BCUT2D eigenvalue weighted by atomic mass is 10.2. The van der Waals surface area contributed by atoms with Crippen LogP contribution in [0.5, 0.6) is 5.75 Å². The molecule has 11 heteroatoms. The van der Waals surface area contributed by atoms with E-state index in [4.69, 9.17) is 9.15 Å². The van der Waals surface area contributed by atoms with Crippen LogP contribution < -0.4 is 10.3 Å². The highest BCUT2D eigenvalue weighted by Gasteiger charge is 2.18. The van der Waals surface area contributed by atoms with Crippen LogP contribution in [0.3, 0.4) is 0 Å². The van der Waals surface area contributed by atoms with Crippen molar-refractivity contribution in [3.8, 4) is 17.2 Å². The molecule has 0 amide bonds. The van der Waals surface area contributed by atoms with Crippen LogP contribution in [0.25, 0.3) is 27.4 Å². The first kappa shape index (κ1) is 18.8. The zero-order valence-corrected chi connectivity index (χ0v) is 17.7. The molecular formula is C19H16N6O3S2. The van der Waals surface area contributed by atoms with E-state index in [2.05, 4.69) is 20.4 Å². The number of fused-ring (bicyclic) bond motifs is 3. The Morgan fingerprint density at radius 1 is 1.17 bits per heavy atom. The Hall–Kier alpha value is -3.18. The summed E-state index contributed by atoms with van der Waals surface area (Å²) in [4.78, 5) is 12.4. The third kappa shape index (κ3) is 3.06. The fraction of sp³-hybridized carbons (Fsp3) is 0.211. The lowest BCUT2D eigenvalue weighted by Crippen LogP contribution is -2.19. The van der Waals surface area contributed by atoms with Gasteiger partial charge in [-0.05, 0) is 30.5 Å². The van der Waals surface area contributed by atoms with E-state index in [1.807, 2.05) is 47.0 Å². The Balaban J connectivity index is 1.44. The lowest BCUT2D eigenvalue weighted by molar-refractivity contribution is 0.340. The van der Waals surface area contributed by atoms with Crippen molar-refractivity contribution in [1.29, 1.82) is 0 Å². The molecule has 9 nitrogen and oxygen atoms in total. The third-order valence-corrected chi connectivity index (χ3v) is 6.25. The number of aryl methyl sites for hydroxylation is 1. The van der Waals surface area contributed by atoms with Gasteiger partial charge in [-0.3, -0.25) is 13.8 Å². The van der Waals surface area contributed by atoms with Gasteiger partial charge in [0.05, 0.1) is 23.4 Å². The number of benzene rings is 1. The van der Waals surface area contributed by atoms with Gasteiger partial charge in [0.2, 0.25) is 5.78 Å². The number of aromatic nitrogens is 6. The van der Waals surface area contributed by atoms with Crippen molar-refractivity contribution in [1.82, 2.24) is 29.4 Å². The highest BCUT2D eigenvalue weighted by Crippen LogP contribution is 2.31. The zero-order valence-electron chi connectivity index (χ0n) is 16.1. The largest absolute Gasteiger partial charge is 0.493 e. The smallest absolute Gasteiger partial charge is 0.277 e. The van der Waals surface area contributed by atoms with Gasteiger partial charge in [-0.25, -0.2) is 0 Å². The van der Waals surface area contributed by atoms with Crippen LogP contribution in [0.2, 0.25) is 0 Å². The molecule has 0 bridgehead atoms. The maximum atomic E-state index is 12.4. The molecule has 0 aliphatic heterocycles. The number of rotatable bonds is 6. The van der Waals surface area contributed by atoms with Crippen LogP contribution in [-0.4, -0.2) is 36.0 Å². The summed E-state index contributed by atoms with van der Waals surface area (Å²) in [5.41, 5.74) is 1.48. The minimum absolute atomic E-state index is 0.0754. The average Bonchev–Trinajstić information content (AvgIpc) is 3.50. The molecule has 1 aromatic carbocycles. The molecular weight excluding hydrogens is 424 g/mol. The van der Waals surface area contributed by atoms with Crippen molar-refractivity contribution in [2.24, 2.45) is 7.05 Å². The van der Waals surface area contributed by atoms with E-state index in [1.165, 1.54) is 27.7 Å². The molecule has 0 radical (unpaired) electrons. The van der Waals surface area contributed by atoms with Crippen LogP contribution in [-0.2, 0) is 12.8 Å². The summed E-state index contributed by atoms with van der Waals surface area (Å²) in [6.07, 6.45) is 0. The molecule has 0 saturated heterocycles. The Labute approximate surface area is 178 Å². The highest BCUT2D eigenvalue weighted by atomic mass is 32.2. The fourth-order valence-corrected chi connectivity index (χ4v) is 4.70.